The first-order chi connectivity index (χ1) is 8.99. The molecule has 0 amide bonds. The third kappa shape index (κ3) is 5.28. The predicted octanol–water partition coefficient (Wildman–Crippen LogP) is 1.11. The van der Waals surface area contributed by atoms with Crippen LogP contribution in [0.4, 0.5) is 0 Å². The summed E-state index contributed by atoms with van der Waals surface area (Å²) < 4.78 is 31.9. The highest BCUT2D eigenvalue weighted by Gasteiger charge is 2.14. The van der Waals surface area contributed by atoms with E-state index < -0.39 is 10.0 Å². The van der Waals surface area contributed by atoms with Crippen molar-refractivity contribution in [3.63, 3.8) is 0 Å². The second-order valence-electron chi connectivity index (χ2n) is 4.29. The van der Waals surface area contributed by atoms with Crippen LogP contribution in [0.15, 0.2) is 29.2 Å². The lowest BCUT2D eigenvalue weighted by Crippen LogP contribution is -2.32. The molecule has 0 spiro atoms. The molecule has 0 aliphatic carbocycles. The summed E-state index contributed by atoms with van der Waals surface area (Å²) in [6.45, 7) is 5.28. The van der Waals surface area contributed by atoms with Gasteiger partial charge in [-0.1, -0.05) is 12.1 Å². The molecule has 0 bridgehead atoms. The second kappa shape index (κ2) is 7.59. The lowest BCUT2D eigenvalue weighted by Gasteiger charge is -2.13. The highest BCUT2D eigenvalue weighted by atomic mass is 32.2. The molecule has 6 heteroatoms. The first-order valence-corrected chi connectivity index (χ1v) is 7.82. The van der Waals surface area contributed by atoms with E-state index in [1.54, 1.807) is 24.3 Å². The minimum Gasteiger partial charge on any atom is -0.377 e. The number of rotatable bonds is 8. The molecule has 0 fully saturated rings. The lowest BCUT2D eigenvalue weighted by molar-refractivity contribution is 0.0799. The molecule has 108 valence electrons. The van der Waals surface area contributed by atoms with Crippen LogP contribution in [0.2, 0.25) is 0 Å². The van der Waals surface area contributed by atoms with Crippen molar-refractivity contribution in [1.82, 2.24) is 10.0 Å². The molecule has 1 unspecified atom stereocenters. The fraction of sp³-hybridized carbons (Fsp3) is 0.538. The van der Waals surface area contributed by atoms with Crippen LogP contribution in [0.5, 0.6) is 0 Å². The maximum absolute atomic E-state index is 12.0. The van der Waals surface area contributed by atoms with E-state index >= 15 is 0 Å². The minimum atomic E-state index is -3.46. The van der Waals surface area contributed by atoms with E-state index in [0.29, 0.717) is 6.61 Å². The zero-order valence-corrected chi connectivity index (χ0v) is 12.5. The van der Waals surface area contributed by atoms with Crippen molar-refractivity contribution >= 4 is 10.0 Å². The van der Waals surface area contributed by atoms with Crippen molar-refractivity contribution < 1.29 is 13.2 Å². The van der Waals surface area contributed by atoms with Gasteiger partial charge in [0.25, 0.3) is 0 Å². The number of ether oxygens (including phenoxy) is 1. The van der Waals surface area contributed by atoms with Crippen molar-refractivity contribution in [2.45, 2.75) is 31.4 Å². The molecule has 0 saturated heterocycles. The summed E-state index contributed by atoms with van der Waals surface area (Å²) in [6.07, 6.45) is -0.136. The van der Waals surface area contributed by atoms with Crippen LogP contribution in [0.1, 0.15) is 19.4 Å². The number of nitrogens with one attached hydrogen (secondary N) is 2. The van der Waals surface area contributed by atoms with Crippen molar-refractivity contribution in [3.05, 3.63) is 29.8 Å². The Balaban J connectivity index is 2.66. The number of benzene rings is 1. The summed E-state index contributed by atoms with van der Waals surface area (Å²) in [4.78, 5) is 0.274. The first kappa shape index (κ1) is 16.1. The molecular formula is C13H22N2O3S. The highest BCUT2D eigenvalue weighted by molar-refractivity contribution is 7.89. The fourth-order valence-electron chi connectivity index (χ4n) is 1.64. The van der Waals surface area contributed by atoms with Crippen LogP contribution in [0.3, 0.4) is 0 Å². The Morgan fingerprint density at radius 3 is 2.42 bits per heavy atom. The third-order valence-electron chi connectivity index (χ3n) is 2.63. The Bertz CT molecular complexity index is 471. The van der Waals surface area contributed by atoms with Crippen LogP contribution in [0, 0.1) is 0 Å². The van der Waals surface area contributed by atoms with Gasteiger partial charge in [-0.25, -0.2) is 13.1 Å². The summed E-state index contributed by atoms with van der Waals surface area (Å²) in [6, 6.07) is 6.83. The van der Waals surface area contributed by atoms with Gasteiger partial charge < -0.3 is 10.1 Å². The average molecular weight is 286 g/mol. The topological polar surface area (TPSA) is 67.4 Å². The maximum Gasteiger partial charge on any atom is 0.240 e. The third-order valence-corrected chi connectivity index (χ3v) is 4.07. The molecule has 1 rings (SSSR count). The Labute approximate surface area is 115 Å². The summed E-state index contributed by atoms with van der Waals surface area (Å²) >= 11 is 0. The zero-order chi connectivity index (χ0) is 14.3. The van der Waals surface area contributed by atoms with E-state index in [0.717, 1.165) is 12.1 Å². The van der Waals surface area contributed by atoms with E-state index in [2.05, 4.69) is 10.0 Å². The summed E-state index contributed by atoms with van der Waals surface area (Å²) in [5, 5.41) is 3.01. The van der Waals surface area contributed by atoms with Gasteiger partial charge in [0.15, 0.2) is 0 Å². The molecule has 2 N–H and O–H groups in total. The molecule has 1 atom stereocenters. The number of hydrogen-bond donors (Lipinski definition) is 2. The number of hydrogen-bond acceptors (Lipinski definition) is 4. The van der Waals surface area contributed by atoms with Gasteiger partial charge in [-0.3, -0.25) is 0 Å². The maximum atomic E-state index is 12.0. The summed E-state index contributed by atoms with van der Waals surface area (Å²) in [7, 11) is -1.61. The molecule has 1 aromatic carbocycles. The minimum absolute atomic E-state index is 0.136. The van der Waals surface area contributed by atoms with E-state index in [-0.39, 0.29) is 17.5 Å². The van der Waals surface area contributed by atoms with Crippen molar-refractivity contribution in [2.75, 3.05) is 20.2 Å². The first-order valence-electron chi connectivity index (χ1n) is 6.34. The van der Waals surface area contributed by atoms with Gasteiger partial charge >= 0.3 is 0 Å². The lowest BCUT2D eigenvalue weighted by atomic mass is 10.2. The molecule has 0 radical (unpaired) electrons. The molecule has 5 nitrogen and oxygen atoms in total. The van der Waals surface area contributed by atoms with Crippen LogP contribution in [0.25, 0.3) is 0 Å². The molecule has 1 aromatic rings. The molecule has 0 saturated carbocycles. The van der Waals surface area contributed by atoms with Gasteiger partial charge in [-0.2, -0.15) is 0 Å². The van der Waals surface area contributed by atoms with Crippen molar-refractivity contribution in [1.29, 1.82) is 0 Å². The van der Waals surface area contributed by atoms with Gasteiger partial charge in [0, 0.05) is 19.7 Å². The average Bonchev–Trinajstić information content (AvgIpc) is 2.38. The normalized spacial score (nSPS) is 13.4. The van der Waals surface area contributed by atoms with Crippen LogP contribution >= 0.6 is 0 Å². The summed E-state index contributed by atoms with van der Waals surface area (Å²) in [5.41, 5.74) is 1.05. The molecule has 0 aliphatic heterocycles. The highest BCUT2D eigenvalue weighted by Crippen LogP contribution is 2.10. The Morgan fingerprint density at radius 2 is 1.89 bits per heavy atom. The quantitative estimate of drug-likeness (QED) is 0.751. The van der Waals surface area contributed by atoms with Gasteiger partial charge in [0.05, 0.1) is 11.0 Å². The molecule has 19 heavy (non-hydrogen) atoms. The fourth-order valence-corrected chi connectivity index (χ4v) is 2.76. The Morgan fingerprint density at radius 1 is 1.26 bits per heavy atom. The summed E-state index contributed by atoms with van der Waals surface area (Å²) in [5.74, 6) is 0. The molecule has 0 aliphatic rings. The van der Waals surface area contributed by atoms with Crippen LogP contribution in [-0.2, 0) is 21.3 Å². The van der Waals surface area contributed by atoms with Crippen LogP contribution < -0.4 is 10.0 Å². The van der Waals surface area contributed by atoms with E-state index in [1.807, 2.05) is 20.9 Å². The van der Waals surface area contributed by atoms with Gasteiger partial charge in [0.1, 0.15) is 0 Å². The van der Waals surface area contributed by atoms with Crippen molar-refractivity contribution in [3.8, 4) is 0 Å². The van der Waals surface area contributed by atoms with Gasteiger partial charge in [-0.05, 0) is 38.6 Å². The zero-order valence-electron chi connectivity index (χ0n) is 11.6. The van der Waals surface area contributed by atoms with E-state index in [9.17, 15) is 8.42 Å². The van der Waals surface area contributed by atoms with Crippen LogP contribution in [-0.4, -0.2) is 34.7 Å². The Kier molecular flexibility index (Phi) is 6.44. The number of sulfonamides is 1. The second-order valence-corrected chi connectivity index (χ2v) is 6.06. The molecular weight excluding hydrogens is 264 g/mol. The van der Waals surface area contributed by atoms with Gasteiger partial charge in [0.2, 0.25) is 10.0 Å². The largest absolute Gasteiger partial charge is 0.377 e. The van der Waals surface area contributed by atoms with Gasteiger partial charge in [-0.15, -0.1) is 0 Å². The molecule has 0 aromatic heterocycles. The monoisotopic (exact) mass is 286 g/mol. The SMILES string of the molecule is CCOC(C)CNS(=O)(=O)c1ccc(CNC)cc1. The van der Waals surface area contributed by atoms with Crippen molar-refractivity contribution in [2.24, 2.45) is 0 Å². The smallest absolute Gasteiger partial charge is 0.240 e. The predicted molar refractivity (Wildman–Crippen MR) is 75.5 cm³/mol. The van der Waals surface area contributed by atoms with E-state index in [1.165, 1.54) is 0 Å². The standard InChI is InChI=1S/C13H22N2O3S/c1-4-18-11(2)9-15-19(16,17)13-7-5-12(6-8-13)10-14-3/h5-8,11,14-15H,4,9-10H2,1-3H3. The molecule has 0 heterocycles. The Hall–Kier alpha value is -0.950. The van der Waals surface area contributed by atoms with E-state index in [4.69, 9.17) is 4.74 Å².